The molecular formula is C24H26N2O5S. The number of amides is 1. The topological polar surface area (TPSA) is 84.9 Å². The molecule has 1 amide bonds. The third-order valence-corrected chi connectivity index (χ3v) is 6.67. The van der Waals surface area contributed by atoms with Crippen LogP contribution >= 0.6 is 0 Å². The van der Waals surface area contributed by atoms with Gasteiger partial charge in [-0.05, 0) is 36.8 Å². The van der Waals surface area contributed by atoms with E-state index in [0.717, 1.165) is 11.1 Å². The zero-order valence-corrected chi connectivity index (χ0v) is 19.1. The fraction of sp³-hybridized carbons (Fsp3) is 0.208. The van der Waals surface area contributed by atoms with Crippen molar-refractivity contribution in [3.8, 4) is 11.5 Å². The fourth-order valence-corrected chi connectivity index (χ4v) is 4.52. The van der Waals surface area contributed by atoms with Crippen molar-refractivity contribution in [2.45, 2.75) is 18.4 Å². The van der Waals surface area contributed by atoms with Crippen molar-refractivity contribution in [2.75, 3.05) is 26.1 Å². The highest BCUT2D eigenvalue weighted by Gasteiger charge is 2.27. The van der Waals surface area contributed by atoms with Crippen LogP contribution in [0.2, 0.25) is 0 Å². The van der Waals surface area contributed by atoms with Crippen LogP contribution in [0.5, 0.6) is 11.5 Å². The Kier molecular flexibility index (Phi) is 7.50. The molecule has 7 nitrogen and oxygen atoms in total. The normalized spacial score (nSPS) is 11.2. The maximum absolute atomic E-state index is 13.3. The van der Waals surface area contributed by atoms with Gasteiger partial charge < -0.3 is 14.8 Å². The largest absolute Gasteiger partial charge is 0.497 e. The van der Waals surface area contributed by atoms with E-state index in [1.807, 2.05) is 31.2 Å². The number of hydrogen-bond donors (Lipinski definition) is 1. The number of nitrogens with zero attached hydrogens (tertiary/aromatic N) is 1. The summed E-state index contributed by atoms with van der Waals surface area (Å²) in [5.41, 5.74) is 2.27. The Hall–Kier alpha value is -3.36. The number of anilines is 1. The number of nitrogens with one attached hydrogen (secondary N) is 1. The van der Waals surface area contributed by atoms with E-state index in [2.05, 4.69) is 5.32 Å². The minimum absolute atomic E-state index is 0.0602. The first kappa shape index (κ1) is 23.3. The first-order valence-electron chi connectivity index (χ1n) is 9.96. The van der Waals surface area contributed by atoms with Crippen LogP contribution in [-0.4, -0.2) is 39.4 Å². The van der Waals surface area contributed by atoms with Crippen LogP contribution in [-0.2, 0) is 21.4 Å². The van der Waals surface area contributed by atoms with Crippen molar-refractivity contribution in [2.24, 2.45) is 0 Å². The minimum atomic E-state index is -3.90. The van der Waals surface area contributed by atoms with Gasteiger partial charge in [-0.25, -0.2) is 8.42 Å². The molecule has 0 fully saturated rings. The Labute approximate surface area is 188 Å². The molecule has 1 N–H and O–H groups in total. The van der Waals surface area contributed by atoms with Gasteiger partial charge in [-0.3, -0.25) is 4.79 Å². The van der Waals surface area contributed by atoms with E-state index in [9.17, 15) is 13.2 Å². The Morgan fingerprint density at radius 3 is 2.25 bits per heavy atom. The molecule has 0 aromatic heterocycles. The average Bonchev–Trinajstić information content (AvgIpc) is 2.80. The molecule has 0 aliphatic heterocycles. The van der Waals surface area contributed by atoms with Crippen LogP contribution in [0.25, 0.3) is 0 Å². The SMILES string of the molecule is COc1ccc(NC(=O)CN(Cc2ccc(C)cc2)S(=O)(=O)c2ccccc2)c(OC)c1. The molecule has 0 heterocycles. The Bertz CT molecular complexity index is 1160. The minimum Gasteiger partial charge on any atom is -0.497 e. The van der Waals surface area contributed by atoms with Gasteiger partial charge in [-0.1, -0.05) is 48.0 Å². The molecule has 0 bridgehead atoms. The molecule has 0 atom stereocenters. The van der Waals surface area contributed by atoms with Crippen molar-refractivity contribution >= 4 is 21.6 Å². The van der Waals surface area contributed by atoms with E-state index >= 15 is 0 Å². The van der Waals surface area contributed by atoms with Crippen LogP contribution in [0, 0.1) is 6.92 Å². The van der Waals surface area contributed by atoms with Crippen LogP contribution in [0.3, 0.4) is 0 Å². The Morgan fingerprint density at radius 1 is 0.938 bits per heavy atom. The van der Waals surface area contributed by atoms with E-state index in [-0.39, 0.29) is 18.0 Å². The first-order chi connectivity index (χ1) is 15.3. The van der Waals surface area contributed by atoms with Gasteiger partial charge in [0, 0.05) is 12.6 Å². The first-order valence-corrected chi connectivity index (χ1v) is 11.4. The van der Waals surface area contributed by atoms with Gasteiger partial charge in [0.25, 0.3) is 0 Å². The molecule has 3 aromatic carbocycles. The number of hydrogen-bond acceptors (Lipinski definition) is 5. The predicted octanol–water partition coefficient (Wildman–Crippen LogP) is 3.84. The smallest absolute Gasteiger partial charge is 0.243 e. The molecule has 32 heavy (non-hydrogen) atoms. The van der Waals surface area contributed by atoms with Gasteiger partial charge in [0.1, 0.15) is 11.5 Å². The van der Waals surface area contributed by atoms with Crippen LogP contribution < -0.4 is 14.8 Å². The average molecular weight is 455 g/mol. The molecular weight excluding hydrogens is 428 g/mol. The van der Waals surface area contributed by atoms with Crippen LogP contribution in [0.15, 0.2) is 77.7 Å². The summed E-state index contributed by atoms with van der Waals surface area (Å²) in [6.07, 6.45) is 0. The highest BCUT2D eigenvalue weighted by molar-refractivity contribution is 7.89. The molecule has 168 valence electrons. The number of methoxy groups -OCH3 is 2. The summed E-state index contributed by atoms with van der Waals surface area (Å²) in [7, 11) is -0.890. The molecule has 0 saturated heterocycles. The fourth-order valence-electron chi connectivity index (χ4n) is 3.12. The maximum Gasteiger partial charge on any atom is 0.243 e. The zero-order valence-electron chi connectivity index (χ0n) is 18.2. The number of carbonyl (C=O) groups is 1. The Balaban J connectivity index is 1.86. The van der Waals surface area contributed by atoms with E-state index in [0.29, 0.717) is 17.2 Å². The standard InChI is InChI=1S/C24H26N2O5S/c1-18-9-11-19(12-10-18)16-26(32(28,29)21-7-5-4-6-8-21)17-24(27)25-22-14-13-20(30-2)15-23(22)31-3/h4-15H,16-17H2,1-3H3,(H,25,27). The molecule has 0 spiro atoms. The monoisotopic (exact) mass is 454 g/mol. The molecule has 0 radical (unpaired) electrons. The van der Waals surface area contributed by atoms with Gasteiger partial charge in [0.15, 0.2) is 0 Å². The van der Waals surface area contributed by atoms with Crippen molar-refractivity contribution < 1.29 is 22.7 Å². The quantitative estimate of drug-likeness (QED) is 0.531. The van der Waals surface area contributed by atoms with Gasteiger partial charge in [-0.2, -0.15) is 4.31 Å². The van der Waals surface area contributed by atoms with Gasteiger partial charge in [0.2, 0.25) is 15.9 Å². The lowest BCUT2D eigenvalue weighted by Gasteiger charge is -2.22. The third kappa shape index (κ3) is 5.66. The van der Waals surface area contributed by atoms with Gasteiger partial charge in [-0.15, -0.1) is 0 Å². The van der Waals surface area contributed by atoms with Crippen molar-refractivity contribution in [3.63, 3.8) is 0 Å². The number of rotatable bonds is 9. The number of benzene rings is 3. The highest BCUT2D eigenvalue weighted by atomic mass is 32.2. The molecule has 3 rings (SSSR count). The second-order valence-electron chi connectivity index (χ2n) is 7.19. The predicted molar refractivity (Wildman–Crippen MR) is 123 cm³/mol. The summed E-state index contributed by atoms with van der Waals surface area (Å²) in [6, 6.07) is 20.6. The van der Waals surface area contributed by atoms with E-state index in [1.54, 1.807) is 36.4 Å². The summed E-state index contributed by atoms with van der Waals surface area (Å²) in [5, 5.41) is 2.74. The highest BCUT2D eigenvalue weighted by Crippen LogP contribution is 2.29. The van der Waals surface area contributed by atoms with Crippen LogP contribution in [0.4, 0.5) is 5.69 Å². The van der Waals surface area contributed by atoms with Crippen molar-refractivity contribution in [1.29, 1.82) is 0 Å². The van der Waals surface area contributed by atoms with Crippen LogP contribution in [0.1, 0.15) is 11.1 Å². The van der Waals surface area contributed by atoms with Gasteiger partial charge in [0.05, 0.1) is 31.3 Å². The second kappa shape index (κ2) is 10.3. The second-order valence-corrected chi connectivity index (χ2v) is 9.12. The third-order valence-electron chi connectivity index (χ3n) is 4.86. The number of aryl methyl sites for hydroxylation is 1. The Morgan fingerprint density at radius 2 is 1.62 bits per heavy atom. The number of sulfonamides is 1. The summed E-state index contributed by atoms with van der Waals surface area (Å²) < 4.78 is 38.3. The lowest BCUT2D eigenvalue weighted by Crippen LogP contribution is -2.37. The summed E-state index contributed by atoms with van der Waals surface area (Å²) in [4.78, 5) is 13.0. The van der Waals surface area contributed by atoms with E-state index in [1.165, 1.54) is 30.7 Å². The molecule has 0 aliphatic carbocycles. The molecule has 3 aromatic rings. The summed E-state index contributed by atoms with van der Waals surface area (Å²) >= 11 is 0. The zero-order chi connectivity index (χ0) is 23.1. The number of ether oxygens (including phenoxy) is 2. The molecule has 0 unspecified atom stereocenters. The van der Waals surface area contributed by atoms with Gasteiger partial charge >= 0.3 is 0 Å². The van der Waals surface area contributed by atoms with E-state index in [4.69, 9.17) is 9.47 Å². The number of carbonyl (C=O) groups excluding carboxylic acids is 1. The molecule has 0 aliphatic rings. The summed E-state index contributed by atoms with van der Waals surface area (Å²) in [6.45, 7) is 1.66. The lowest BCUT2D eigenvalue weighted by atomic mass is 10.1. The van der Waals surface area contributed by atoms with Crippen molar-refractivity contribution in [3.05, 3.63) is 83.9 Å². The van der Waals surface area contributed by atoms with Crippen molar-refractivity contribution in [1.82, 2.24) is 4.31 Å². The lowest BCUT2D eigenvalue weighted by molar-refractivity contribution is -0.116. The molecule has 0 saturated carbocycles. The van der Waals surface area contributed by atoms with E-state index < -0.39 is 15.9 Å². The molecule has 8 heteroatoms. The summed E-state index contributed by atoms with van der Waals surface area (Å²) in [5.74, 6) is 0.501. The maximum atomic E-state index is 13.3.